The number of carbonyl (C=O) groups excluding carboxylic acids is 2. The number of nitrogens with one attached hydrogen (secondary N) is 1. The first-order chi connectivity index (χ1) is 7.99. The number of rotatable bonds is 5. The molecule has 0 spiro atoms. The lowest BCUT2D eigenvalue weighted by Crippen LogP contribution is -2.41. The summed E-state index contributed by atoms with van der Waals surface area (Å²) >= 11 is 0. The van der Waals surface area contributed by atoms with Gasteiger partial charge in [-0.1, -0.05) is 0 Å². The first-order valence-electron chi connectivity index (χ1n) is 5.56. The van der Waals surface area contributed by atoms with E-state index >= 15 is 0 Å². The van der Waals surface area contributed by atoms with Gasteiger partial charge in [0.25, 0.3) is 0 Å². The molecular weight excluding hydrogens is 220 g/mol. The molecule has 1 rings (SSSR count). The van der Waals surface area contributed by atoms with Crippen LogP contribution < -0.4 is 5.32 Å². The van der Waals surface area contributed by atoms with Crippen LogP contribution in [0.3, 0.4) is 0 Å². The van der Waals surface area contributed by atoms with Gasteiger partial charge in [-0.15, -0.1) is 0 Å². The average molecular weight is 238 g/mol. The molecule has 0 bridgehead atoms. The van der Waals surface area contributed by atoms with Crippen LogP contribution >= 0.6 is 0 Å². The second-order valence-corrected chi connectivity index (χ2v) is 4.18. The Hall–Kier alpha value is -1.78. The molecule has 0 unspecified atom stereocenters. The molecule has 17 heavy (non-hydrogen) atoms. The maximum absolute atomic E-state index is 11.6. The molecule has 0 saturated heterocycles. The van der Waals surface area contributed by atoms with E-state index in [-0.39, 0.29) is 24.4 Å². The minimum absolute atomic E-state index is 0.0498. The van der Waals surface area contributed by atoms with Gasteiger partial charge in [0.2, 0.25) is 11.8 Å². The largest absolute Gasteiger partial charge is 0.467 e. The van der Waals surface area contributed by atoms with Gasteiger partial charge in [-0.3, -0.25) is 9.59 Å². The summed E-state index contributed by atoms with van der Waals surface area (Å²) in [7, 11) is 0. The van der Waals surface area contributed by atoms with E-state index in [4.69, 9.17) is 4.42 Å². The highest BCUT2D eigenvalue weighted by atomic mass is 16.3. The quantitative estimate of drug-likeness (QED) is 0.837. The highest BCUT2D eigenvalue weighted by molar-refractivity contribution is 5.83. The maximum Gasteiger partial charge on any atom is 0.239 e. The second-order valence-electron chi connectivity index (χ2n) is 4.18. The fraction of sp³-hybridized carbons (Fsp3) is 0.500. The van der Waals surface area contributed by atoms with E-state index in [1.165, 1.54) is 11.8 Å². The van der Waals surface area contributed by atoms with Crippen molar-refractivity contribution in [3.63, 3.8) is 0 Å². The van der Waals surface area contributed by atoms with E-state index in [1.54, 1.807) is 18.4 Å². The first kappa shape index (κ1) is 13.3. The molecule has 1 N–H and O–H groups in total. The van der Waals surface area contributed by atoms with Crippen molar-refractivity contribution in [1.82, 2.24) is 10.2 Å². The van der Waals surface area contributed by atoms with Gasteiger partial charge < -0.3 is 14.6 Å². The highest BCUT2D eigenvalue weighted by Crippen LogP contribution is 2.05. The van der Waals surface area contributed by atoms with Gasteiger partial charge in [0.1, 0.15) is 5.76 Å². The lowest BCUT2D eigenvalue weighted by Gasteiger charge is -2.20. The van der Waals surface area contributed by atoms with Crippen LogP contribution in [0.5, 0.6) is 0 Å². The van der Waals surface area contributed by atoms with Gasteiger partial charge in [-0.25, -0.2) is 0 Å². The summed E-state index contributed by atoms with van der Waals surface area (Å²) in [6.07, 6.45) is 1.54. The Morgan fingerprint density at radius 1 is 1.47 bits per heavy atom. The second kappa shape index (κ2) is 6.08. The van der Waals surface area contributed by atoms with Crippen molar-refractivity contribution in [2.75, 3.05) is 6.54 Å². The molecular formula is C12H18N2O3. The fourth-order valence-corrected chi connectivity index (χ4v) is 1.41. The van der Waals surface area contributed by atoms with Crippen LogP contribution in [0.15, 0.2) is 22.8 Å². The number of furan rings is 1. The molecule has 0 aliphatic rings. The molecule has 0 aliphatic heterocycles. The van der Waals surface area contributed by atoms with E-state index < -0.39 is 0 Å². The third-order valence-electron chi connectivity index (χ3n) is 2.16. The summed E-state index contributed by atoms with van der Waals surface area (Å²) < 4.78 is 5.15. The molecule has 1 aromatic rings. The van der Waals surface area contributed by atoms with E-state index in [0.717, 1.165) is 0 Å². The van der Waals surface area contributed by atoms with Crippen LogP contribution in [-0.4, -0.2) is 29.3 Å². The van der Waals surface area contributed by atoms with Crippen molar-refractivity contribution in [3.8, 4) is 0 Å². The number of hydrogen-bond donors (Lipinski definition) is 1. The van der Waals surface area contributed by atoms with Crippen molar-refractivity contribution in [2.45, 2.75) is 33.4 Å². The Morgan fingerprint density at radius 2 is 2.18 bits per heavy atom. The van der Waals surface area contributed by atoms with Crippen LogP contribution in [0, 0.1) is 0 Å². The van der Waals surface area contributed by atoms with Gasteiger partial charge >= 0.3 is 0 Å². The summed E-state index contributed by atoms with van der Waals surface area (Å²) in [5.74, 6) is 0.347. The molecule has 5 nitrogen and oxygen atoms in total. The van der Waals surface area contributed by atoms with Crippen LogP contribution in [0.2, 0.25) is 0 Å². The Balaban J connectivity index is 2.55. The van der Waals surface area contributed by atoms with Crippen LogP contribution in [0.25, 0.3) is 0 Å². The summed E-state index contributed by atoms with van der Waals surface area (Å²) in [4.78, 5) is 24.4. The predicted molar refractivity (Wildman–Crippen MR) is 63.1 cm³/mol. The molecule has 1 heterocycles. The minimum Gasteiger partial charge on any atom is -0.467 e. The average Bonchev–Trinajstić information content (AvgIpc) is 2.67. The first-order valence-corrected chi connectivity index (χ1v) is 5.56. The molecule has 0 saturated carbocycles. The molecule has 0 radical (unpaired) electrons. The zero-order chi connectivity index (χ0) is 12.8. The third kappa shape index (κ3) is 4.72. The van der Waals surface area contributed by atoms with Crippen LogP contribution in [-0.2, 0) is 16.1 Å². The Kier molecular flexibility index (Phi) is 4.75. The molecule has 0 fully saturated rings. The van der Waals surface area contributed by atoms with Crippen molar-refractivity contribution in [3.05, 3.63) is 24.2 Å². The van der Waals surface area contributed by atoms with E-state index in [0.29, 0.717) is 12.3 Å². The molecule has 0 atom stereocenters. The Bertz CT molecular complexity index is 371. The zero-order valence-corrected chi connectivity index (χ0v) is 10.4. The van der Waals surface area contributed by atoms with E-state index in [9.17, 15) is 9.59 Å². The molecule has 94 valence electrons. The summed E-state index contributed by atoms with van der Waals surface area (Å²) in [6.45, 7) is 5.55. The number of hydrogen-bond acceptors (Lipinski definition) is 3. The summed E-state index contributed by atoms with van der Waals surface area (Å²) in [5.41, 5.74) is 0. The van der Waals surface area contributed by atoms with E-state index in [1.807, 2.05) is 13.8 Å². The van der Waals surface area contributed by atoms with Gasteiger partial charge in [-0.2, -0.15) is 0 Å². The lowest BCUT2D eigenvalue weighted by molar-refractivity contribution is -0.135. The van der Waals surface area contributed by atoms with Crippen molar-refractivity contribution in [1.29, 1.82) is 0 Å². The Morgan fingerprint density at radius 3 is 2.65 bits per heavy atom. The van der Waals surface area contributed by atoms with Gasteiger partial charge in [0.15, 0.2) is 0 Å². The minimum atomic E-state index is -0.165. The SMILES string of the molecule is CC(=O)N(CC(=O)NC(C)C)Cc1ccco1. The fourth-order valence-electron chi connectivity index (χ4n) is 1.41. The Labute approximate surface area is 101 Å². The predicted octanol–water partition coefficient (Wildman–Crippen LogP) is 1.15. The normalized spacial score (nSPS) is 10.4. The number of nitrogens with zero attached hydrogens (tertiary/aromatic N) is 1. The number of carbonyl (C=O) groups is 2. The van der Waals surface area contributed by atoms with Gasteiger partial charge in [0, 0.05) is 13.0 Å². The molecule has 2 amide bonds. The molecule has 0 aromatic carbocycles. The maximum atomic E-state index is 11.6. The smallest absolute Gasteiger partial charge is 0.239 e. The summed E-state index contributed by atoms with van der Waals surface area (Å²) in [5, 5.41) is 2.74. The lowest BCUT2D eigenvalue weighted by atomic mass is 10.3. The molecule has 0 aliphatic carbocycles. The van der Waals surface area contributed by atoms with Crippen molar-refractivity contribution < 1.29 is 14.0 Å². The molecule has 1 aromatic heterocycles. The van der Waals surface area contributed by atoms with Crippen LogP contribution in [0.1, 0.15) is 26.5 Å². The zero-order valence-electron chi connectivity index (χ0n) is 10.4. The van der Waals surface area contributed by atoms with Crippen molar-refractivity contribution in [2.24, 2.45) is 0 Å². The monoisotopic (exact) mass is 238 g/mol. The van der Waals surface area contributed by atoms with Gasteiger partial charge in [0.05, 0.1) is 19.4 Å². The third-order valence-corrected chi connectivity index (χ3v) is 2.16. The summed E-state index contributed by atoms with van der Waals surface area (Å²) in [6, 6.07) is 3.60. The standard InChI is InChI=1S/C12H18N2O3/c1-9(2)13-12(16)8-14(10(3)15)7-11-5-4-6-17-11/h4-6,9H,7-8H2,1-3H3,(H,13,16). The van der Waals surface area contributed by atoms with E-state index in [2.05, 4.69) is 5.32 Å². The highest BCUT2D eigenvalue weighted by Gasteiger charge is 2.15. The molecule has 5 heteroatoms. The number of amides is 2. The van der Waals surface area contributed by atoms with Crippen LogP contribution in [0.4, 0.5) is 0 Å². The van der Waals surface area contributed by atoms with Gasteiger partial charge in [-0.05, 0) is 26.0 Å². The van der Waals surface area contributed by atoms with Crippen molar-refractivity contribution >= 4 is 11.8 Å². The topological polar surface area (TPSA) is 62.6 Å².